The number of sulfonamides is 1. The number of aromatic nitrogens is 1. The van der Waals surface area contributed by atoms with E-state index in [0.29, 0.717) is 30.8 Å². The summed E-state index contributed by atoms with van der Waals surface area (Å²) in [5.41, 5.74) is 5.87. The molecule has 5 rings (SSSR count). The molecule has 1 spiro atoms. The highest BCUT2D eigenvalue weighted by molar-refractivity contribution is 7.89. The van der Waals surface area contributed by atoms with Crippen LogP contribution in [0.15, 0.2) is 53.6 Å². The molecule has 0 radical (unpaired) electrons. The molecule has 0 amide bonds. The van der Waals surface area contributed by atoms with Crippen molar-refractivity contribution in [3.8, 4) is 11.4 Å². The fourth-order valence-electron chi connectivity index (χ4n) is 5.10. The van der Waals surface area contributed by atoms with Gasteiger partial charge in [0.2, 0.25) is 10.0 Å². The smallest absolute Gasteiger partial charge is 0.243 e. The number of rotatable bonds is 3. The Kier molecular flexibility index (Phi) is 4.87. The average molecular weight is 452 g/mol. The van der Waals surface area contributed by atoms with Gasteiger partial charge in [0.25, 0.3) is 0 Å². The molecule has 6 nitrogen and oxygen atoms in total. The highest BCUT2D eigenvalue weighted by Crippen LogP contribution is 2.45. The van der Waals surface area contributed by atoms with Crippen LogP contribution in [0.3, 0.4) is 0 Å². The van der Waals surface area contributed by atoms with Crippen molar-refractivity contribution in [3.05, 3.63) is 71.0 Å². The molecular weight excluding hydrogens is 422 g/mol. The molecular formula is C25H29N3O3S. The van der Waals surface area contributed by atoms with Gasteiger partial charge in [-0.15, -0.1) is 0 Å². The topological polar surface area (TPSA) is 63.6 Å². The van der Waals surface area contributed by atoms with Gasteiger partial charge in [-0.1, -0.05) is 6.07 Å². The highest BCUT2D eigenvalue weighted by atomic mass is 32.2. The largest absolute Gasteiger partial charge is 0.497 e. The van der Waals surface area contributed by atoms with Gasteiger partial charge in [-0.25, -0.2) is 8.42 Å². The van der Waals surface area contributed by atoms with Gasteiger partial charge >= 0.3 is 0 Å². The molecule has 0 aliphatic carbocycles. The number of nitrogens with zero attached hydrogens (tertiary/aromatic N) is 2. The van der Waals surface area contributed by atoms with Crippen molar-refractivity contribution < 1.29 is 13.2 Å². The predicted octanol–water partition coefficient (Wildman–Crippen LogP) is 4.52. The molecule has 1 saturated heterocycles. The van der Waals surface area contributed by atoms with Crippen molar-refractivity contribution in [3.63, 3.8) is 0 Å². The summed E-state index contributed by atoms with van der Waals surface area (Å²) in [5, 5.41) is 3.75. The zero-order valence-electron chi connectivity index (χ0n) is 19.0. The van der Waals surface area contributed by atoms with Gasteiger partial charge in [0, 0.05) is 31.0 Å². The third kappa shape index (κ3) is 3.14. The maximum atomic E-state index is 13.5. The first kappa shape index (κ1) is 21.1. The lowest BCUT2D eigenvalue weighted by molar-refractivity contribution is 0.247. The number of hydrogen-bond donors (Lipinski definition) is 1. The van der Waals surface area contributed by atoms with E-state index in [4.69, 9.17) is 4.74 Å². The standard InChI is InChI=1S/C25H29N3O3S/c1-17-14-19(3)23(15-18(17)2)32(29,30)27-12-9-25(10-13-27)24-6-5-11-28(24)22-8-7-20(31-4)16-21(22)26-25/h5-8,11,14-16,26H,9-10,12-13H2,1-4H3. The van der Waals surface area contributed by atoms with Crippen LogP contribution in [0.5, 0.6) is 5.75 Å². The van der Waals surface area contributed by atoms with Gasteiger partial charge in [-0.3, -0.25) is 0 Å². The molecule has 1 aromatic heterocycles. The molecule has 7 heteroatoms. The highest BCUT2D eigenvalue weighted by Gasteiger charge is 2.44. The molecule has 3 aromatic rings. The summed E-state index contributed by atoms with van der Waals surface area (Å²) in [7, 11) is -1.88. The lowest BCUT2D eigenvalue weighted by Crippen LogP contribution is -2.51. The number of nitrogens with one attached hydrogen (secondary N) is 1. The van der Waals surface area contributed by atoms with Gasteiger partial charge in [-0.05, 0) is 80.6 Å². The van der Waals surface area contributed by atoms with Crippen molar-refractivity contribution in [2.45, 2.75) is 44.0 Å². The van der Waals surface area contributed by atoms with Crippen molar-refractivity contribution in [1.82, 2.24) is 8.87 Å². The molecule has 2 aliphatic rings. The zero-order chi connectivity index (χ0) is 22.7. The van der Waals surface area contributed by atoms with Crippen LogP contribution in [-0.4, -0.2) is 37.5 Å². The van der Waals surface area contributed by atoms with Gasteiger partial charge in [0.15, 0.2) is 0 Å². The van der Waals surface area contributed by atoms with Crippen LogP contribution in [0.2, 0.25) is 0 Å². The third-order valence-electron chi connectivity index (χ3n) is 7.06. The number of benzene rings is 2. The van der Waals surface area contributed by atoms with E-state index in [0.717, 1.165) is 33.8 Å². The maximum absolute atomic E-state index is 13.5. The second-order valence-electron chi connectivity index (χ2n) is 8.96. The first-order valence-corrected chi connectivity index (χ1v) is 12.4. The molecule has 2 aromatic carbocycles. The van der Waals surface area contributed by atoms with Crippen LogP contribution >= 0.6 is 0 Å². The number of aryl methyl sites for hydroxylation is 3. The molecule has 1 N–H and O–H groups in total. The molecule has 0 bridgehead atoms. The Morgan fingerprint density at radius 2 is 1.69 bits per heavy atom. The SMILES string of the molecule is COc1ccc2c(c1)NC1(CCN(S(=O)(=O)c3cc(C)c(C)cc3C)CC1)c1cccn1-2. The molecule has 168 valence electrons. The van der Waals surface area contributed by atoms with E-state index in [2.05, 4.69) is 34.3 Å². The monoisotopic (exact) mass is 451 g/mol. The lowest BCUT2D eigenvalue weighted by Gasteiger charge is -2.46. The summed E-state index contributed by atoms with van der Waals surface area (Å²) < 4.78 is 36.3. The number of fused-ring (bicyclic) bond motifs is 4. The maximum Gasteiger partial charge on any atom is 0.243 e. The second-order valence-corrected chi connectivity index (χ2v) is 10.9. The number of ether oxygens (including phenoxy) is 1. The first-order chi connectivity index (χ1) is 15.2. The average Bonchev–Trinajstić information content (AvgIpc) is 3.27. The summed E-state index contributed by atoms with van der Waals surface area (Å²) in [6, 6.07) is 14.0. The van der Waals surface area contributed by atoms with Crippen molar-refractivity contribution in [2.24, 2.45) is 0 Å². The van der Waals surface area contributed by atoms with E-state index in [1.165, 1.54) is 5.69 Å². The zero-order valence-corrected chi connectivity index (χ0v) is 19.8. The van der Waals surface area contributed by atoms with Gasteiger partial charge in [0.05, 0.1) is 28.9 Å². The normalized spacial score (nSPS) is 17.5. The Hall–Kier alpha value is -2.77. The van der Waals surface area contributed by atoms with Crippen LogP contribution < -0.4 is 10.1 Å². The fraction of sp³-hybridized carbons (Fsp3) is 0.360. The number of piperidine rings is 1. The second kappa shape index (κ2) is 7.39. The molecule has 0 unspecified atom stereocenters. The van der Waals surface area contributed by atoms with Crippen molar-refractivity contribution >= 4 is 15.7 Å². The van der Waals surface area contributed by atoms with Crippen molar-refractivity contribution in [1.29, 1.82) is 0 Å². The lowest BCUT2D eigenvalue weighted by atomic mass is 9.83. The fourth-order valence-corrected chi connectivity index (χ4v) is 6.83. The number of hydrogen-bond acceptors (Lipinski definition) is 4. The number of anilines is 1. The Morgan fingerprint density at radius 3 is 2.41 bits per heavy atom. The van der Waals surface area contributed by atoms with E-state index >= 15 is 0 Å². The summed E-state index contributed by atoms with van der Waals surface area (Å²) in [4.78, 5) is 0.423. The number of methoxy groups -OCH3 is 1. The molecule has 0 atom stereocenters. The van der Waals surface area contributed by atoms with Gasteiger partial charge < -0.3 is 14.6 Å². The van der Waals surface area contributed by atoms with Crippen LogP contribution in [-0.2, 0) is 15.6 Å². The van der Waals surface area contributed by atoms with Gasteiger partial charge in [0.1, 0.15) is 5.75 Å². The predicted molar refractivity (Wildman–Crippen MR) is 126 cm³/mol. The molecule has 32 heavy (non-hydrogen) atoms. The summed E-state index contributed by atoms with van der Waals surface area (Å²) in [6.07, 6.45) is 3.46. The van der Waals surface area contributed by atoms with E-state index in [1.54, 1.807) is 11.4 Å². The Balaban J connectivity index is 1.46. The van der Waals surface area contributed by atoms with E-state index in [9.17, 15) is 8.42 Å². The minimum atomic E-state index is -3.54. The minimum absolute atomic E-state index is 0.312. The Morgan fingerprint density at radius 1 is 0.969 bits per heavy atom. The minimum Gasteiger partial charge on any atom is -0.497 e. The van der Waals surface area contributed by atoms with E-state index < -0.39 is 10.0 Å². The quantitative estimate of drug-likeness (QED) is 0.636. The molecule has 1 fully saturated rings. The Bertz CT molecular complexity index is 1300. The van der Waals surface area contributed by atoms with E-state index in [1.807, 2.05) is 45.0 Å². The van der Waals surface area contributed by atoms with Gasteiger partial charge in [-0.2, -0.15) is 4.31 Å². The van der Waals surface area contributed by atoms with E-state index in [-0.39, 0.29) is 5.54 Å². The van der Waals surface area contributed by atoms with Crippen LogP contribution in [0.4, 0.5) is 5.69 Å². The van der Waals surface area contributed by atoms with Crippen LogP contribution in [0.1, 0.15) is 35.2 Å². The summed E-state index contributed by atoms with van der Waals surface area (Å²) in [6.45, 7) is 6.79. The van der Waals surface area contributed by atoms with Crippen LogP contribution in [0.25, 0.3) is 5.69 Å². The molecule has 3 heterocycles. The summed E-state index contributed by atoms with van der Waals surface area (Å²) >= 11 is 0. The Labute approximate surface area is 189 Å². The third-order valence-corrected chi connectivity index (χ3v) is 9.10. The molecule has 2 aliphatic heterocycles. The van der Waals surface area contributed by atoms with Crippen molar-refractivity contribution in [2.75, 3.05) is 25.5 Å². The van der Waals surface area contributed by atoms with Crippen LogP contribution in [0, 0.1) is 20.8 Å². The first-order valence-electron chi connectivity index (χ1n) is 11.0. The molecule has 0 saturated carbocycles. The summed E-state index contributed by atoms with van der Waals surface area (Å²) in [5.74, 6) is 0.798.